The van der Waals surface area contributed by atoms with Crippen LogP contribution in [0, 0.1) is 5.95 Å². The fraction of sp³-hybridized carbons (Fsp3) is 0.263. The van der Waals surface area contributed by atoms with Crippen LogP contribution in [-0.2, 0) is 13.0 Å². The molecular formula is C19H19FN6O. The second-order valence-corrected chi connectivity index (χ2v) is 6.32. The van der Waals surface area contributed by atoms with Crippen LogP contribution in [0.5, 0.6) is 5.88 Å². The van der Waals surface area contributed by atoms with Gasteiger partial charge in [-0.2, -0.15) is 4.39 Å². The lowest BCUT2D eigenvalue weighted by Gasteiger charge is -2.11. The Kier molecular flexibility index (Phi) is 4.78. The van der Waals surface area contributed by atoms with Crippen LogP contribution in [0.4, 0.5) is 16.0 Å². The molecule has 1 unspecified atom stereocenters. The van der Waals surface area contributed by atoms with E-state index in [1.165, 1.54) is 6.33 Å². The third kappa shape index (κ3) is 3.79. The van der Waals surface area contributed by atoms with Crippen LogP contribution < -0.4 is 15.4 Å². The Labute approximate surface area is 156 Å². The van der Waals surface area contributed by atoms with Gasteiger partial charge in [0.25, 0.3) is 0 Å². The molecule has 0 aromatic carbocycles. The topological polar surface area (TPSA) is 84.9 Å². The second kappa shape index (κ2) is 7.53. The summed E-state index contributed by atoms with van der Waals surface area (Å²) >= 11 is 0. The van der Waals surface area contributed by atoms with Gasteiger partial charge in [-0.15, -0.1) is 0 Å². The van der Waals surface area contributed by atoms with Gasteiger partial charge in [0.15, 0.2) is 0 Å². The highest BCUT2D eigenvalue weighted by molar-refractivity contribution is 5.51. The molecule has 0 saturated carbocycles. The Bertz CT molecular complexity index is 934. The summed E-state index contributed by atoms with van der Waals surface area (Å²) < 4.78 is 19.5. The minimum Gasteiger partial charge on any atom is -0.481 e. The van der Waals surface area contributed by atoms with Crippen LogP contribution in [0.2, 0.25) is 0 Å². The Hall–Kier alpha value is -3.29. The SMILES string of the molecule is COc1ccc(CNc2ccc(CC3CNc4ncncc43)c(F)n2)cn1. The number of hydrogen-bond donors (Lipinski definition) is 2. The monoisotopic (exact) mass is 366 g/mol. The lowest BCUT2D eigenvalue weighted by atomic mass is 9.96. The van der Waals surface area contributed by atoms with E-state index in [1.54, 1.807) is 37.7 Å². The van der Waals surface area contributed by atoms with E-state index in [0.29, 0.717) is 30.2 Å². The van der Waals surface area contributed by atoms with Crippen molar-refractivity contribution < 1.29 is 9.13 Å². The standard InChI is InChI=1S/C19H19FN6O/c1-27-17-5-2-12(8-23-17)7-22-16-4-3-13(18(20)26-16)6-14-9-24-19-15(14)10-21-11-25-19/h2-5,8,10-11,14H,6-7,9H2,1H3,(H,22,26)(H,21,24,25). The molecule has 1 aliphatic rings. The molecule has 0 radical (unpaired) electrons. The van der Waals surface area contributed by atoms with Gasteiger partial charge in [0, 0.05) is 48.6 Å². The summed E-state index contributed by atoms with van der Waals surface area (Å²) in [6, 6.07) is 7.25. The van der Waals surface area contributed by atoms with Crippen LogP contribution in [0.1, 0.15) is 22.6 Å². The molecule has 0 saturated heterocycles. The first-order valence-corrected chi connectivity index (χ1v) is 8.65. The summed E-state index contributed by atoms with van der Waals surface area (Å²) in [5, 5.41) is 6.34. The van der Waals surface area contributed by atoms with Crippen LogP contribution in [0.15, 0.2) is 43.0 Å². The number of fused-ring (bicyclic) bond motifs is 1. The zero-order valence-electron chi connectivity index (χ0n) is 14.8. The highest BCUT2D eigenvalue weighted by atomic mass is 19.1. The average molecular weight is 366 g/mol. The van der Waals surface area contributed by atoms with E-state index in [1.807, 2.05) is 6.07 Å². The van der Waals surface area contributed by atoms with E-state index in [0.717, 1.165) is 23.5 Å². The van der Waals surface area contributed by atoms with E-state index >= 15 is 0 Å². The first kappa shape index (κ1) is 17.1. The van der Waals surface area contributed by atoms with E-state index in [2.05, 4.69) is 30.6 Å². The number of nitrogens with zero attached hydrogens (tertiary/aromatic N) is 4. The number of ether oxygens (including phenoxy) is 1. The van der Waals surface area contributed by atoms with E-state index in [9.17, 15) is 4.39 Å². The number of hydrogen-bond acceptors (Lipinski definition) is 7. The summed E-state index contributed by atoms with van der Waals surface area (Å²) in [4.78, 5) is 16.5. The van der Waals surface area contributed by atoms with Crippen molar-refractivity contribution in [2.45, 2.75) is 18.9 Å². The molecule has 8 heteroatoms. The van der Waals surface area contributed by atoms with E-state index < -0.39 is 5.95 Å². The second-order valence-electron chi connectivity index (χ2n) is 6.32. The molecule has 2 N–H and O–H groups in total. The number of aromatic nitrogens is 4. The number of rotatable bonds is 6. The van der Waals surface area contributed by atoms with Crippen LogP contribution in [-0.4, -0.2) is 33.6 Å². The van der Waals surface area contributed by atoms with Crippen molar-refractivity contribution in [3.63, 3.8) is 0 Å². The average Bonchev–Trinajstić information content (AvgIpc) is 3.11. The van der Waals surface area contributed by atoms with Gasteiger partial charge < -0.3 is 15.4 Å². The lowest BCUT2D eigenvalue weighted by molar-refractivity contribution is 0.397. The molecule has 27 heavy (non-hydrogen) atoms. The van der Waals surface area contributed by atoms with E-state index in [-0.39, 0.29) is 5.92 Å². The first-order chi connectivity index (χ1) is 13.2. The molecule has 1 aliphatic heterocycles. The highest BCUT2D eigenvalue weighted by Gasteiger charge is 2.24. The van der Waals surface area contributed by atoms with Gasteiger partial charge >= 0.3 is 0 Å². The van der Waals surface area contributed by atoms with Gasteiger partial charge in [0.2, 0.25) is 11.8 Å². The minimum absolute atomic E-state index is 0.140. The fourth-order valence-electron chi connectivity index (χ4n) is 3.11. The smallest absolute Gasteiger partial charge is 0.218 e. The number of pyridine rings is 2. The normalized spacial score (nSPS) is 15.1. The van der Waals surface area contributed by atoms with Crippen LogP contribution in [0.3, 0.4) is 0 Å². The molecule has 138 valence electrons. The predicted octanol–water partition coefficient (Wildman–Crippen LogP) is 2.78. The fourth-order valence-corrected chi connectivity index (χ4v) is 3.11. The maximum Gasteiger partial charge on any atom is 0.218 e. The summed E-state index contributed by atoms with van der Waals surface area (Å²) in [6.45, 7) is 1.22. The molecule has 1 atom stereocenters. The molecule has 4 rings (SSSR count). The zero-order valence-corrected chi connectivity index (χ0v) is 14.8. The first-order valence-electron chi connectivity index (χ1n) is 8.65. The van der Waals surface area contributed by atoms with Gasteiger partial charge in [-0.05, 0) is 18.1 Å². The highest BCUT2D eigenvalue weighted by Crippen LogP contribution is 2.31. The third-order valence-corrected chi connectivity index (χ3v) is 4.57. The van der Waals surface area contributed by atoms with Gasteiger partial charge in [-0.25, -0.2) is 19.9 Å². The van der Waals surface area contributed by atoms with Crippen molar-refractivity contribution in [1.29, 1.82) is 0 Å². The molecule has 3 aromatic heterocycles. The molecule has 0 fully saturated rings. The summed E-state index contributed by atoms with van der Waals surface area (Å²) in [7, 11) is 1.57. The zero-order chi connectivity index (χ0) is 18.6. The van der Waals surface area contributed by atoms with E-state index in [4.69, 9.17) is 4.74 Å². The molecule has 0 bridgehead atoms. The van der Waals surface area contributed by atoms with Gasteiger partial charge in [0.1, 0.15) is 18.0 Å². The maximum atomic E-state index is 14.5. The molecule has 4 heterocycles. The molecule has 7 nitrogen and oxygen atoms in total. The molecule has 0 amide bonds. The Morgan fingerprint density at radius 2 is 2.15 bits per heavy atom. The third-order valence-electron chi connectivity index (χ3n) is 4.57. The van der Waals surface area contributed by atoms with Crippen molar-refractivity contribution in [2.24, 2.45) is 0 Å². The molecule has 0 aliphatic carbocycles. The van der Waals surface area contributed by atoms with Crippen molar-refractivity contribution >= 4 is 11.6 Å². The lowest BCUT2D eigenvalue weighted by Crippen LogP contribution is -2.09. The van der Waals surface area contributed by atoms with Gasteiger partial charge in [0.05, 0.1) is 7.11 Å². The largest absolute Gasteiger partial charge is 0.481 e. The van der Waals surface area contributed by atoms with Crippen molar-refractivity contribution in [3.05, 3.63) is 65.6 Å². The summed E-state index contributed by atoms with van der Waals surface area (Å²) in [5.41, 5.74) is 2.55. The molecule has 0 spiro atoms. The number of anilines is 2. The van der Waals surface area contributed by atoms with Gasteiger partial charge in [-0.1, -0.05) is 12.1 Å². The Morgan fingerprint density at radius 1 is 1.22 bits per heavy atom. The Morgan fingerprint density at radius 3 is 2.93 bits per heavy atom. The number of halogens is 1. The number of methoxy groups -OCH3 is 1. The predicted molar refractivity (Wildman–Crippen MR) is 99.3 cm³/mol. The van der Waals surface area contributed by atoms with Crippen molar-refractivity contribution in [3.8, 4) is 5.88 Å². The van der Waals surface area contributed by atoms with Crippen LogP contribution >= 0.6 is 0 Å². The number of nitrogens with one attached hydrogen (secondary N) is 2. The molecule has 3 aromatic rings. The van der Waals surface area contributed by atoms with Crippen molar-refractivity contribution in [2.75, 3.05) is 24.3 Å². The quantitative estimate of drug-likeness (QED) is 0.649. The molecular weight excluding hydrogens is 347 g/mol. The van der Waals surface area contributed by atoms with Gasteiger partial charge in [-0.3, -0.25) is 0 Å². The van der Waals surface area contributed by atoms with Crippen LogP contribution in [0.25, 0.3) is 0 Å². The maximum absolute atomic E-state index is 14.5. The summed E-state index contributed by atoms with van der Waals surface area (Å²) in [6.07, 6.45) is 5.56. The Balaban J connectivity index is 1.40. The summed E-state index contributed by atoms with van der Waals surface area (Å²) in [5.74, 6) is 1.55. The van der Waals surface area contributed by atoms with Crippen molar-refractivity contribution in [1.82, 2.24) is 19.9 Å². The minimum atomic E-state index is -0.460.